The molecule has 1 rings (SSSR count). The number of hydrogen-bond acceptors (Lipinski definition) is 2. The second-order valence-electron chi connectivity index (χ2n) is 5.32. The molecule has 0 aromatic rings. The van der Waals surface area contributed by atoms with Crippen LogP contribution in [0, 0.1) is 17.3 Å². The Kier molecular flexibility index (Phi) is 3.51. The Balaban J connectivity index is 2.22. The minimum Gasteiger partial charge on any atom is -0.355 e. The van der Waals surface area contributed by atoms with Crippen molar-refractivity contribution in [2.75, 3.05) is 6.54 Å². The van der Waals surface area contributed by atoms with Gasteiger partial charge >= 0.3 is 0 Å². The lowest BCUT2D eigenvalue weighted by Gasteiger charge is -2.14. The predicted octanol–water partition coefficient (Wildman–Crippen LogP) is 2.10. The van der Waals surface area contributed by atoms with E-state index in [1.807, 2.05) is 13.8 Å². The van der Waals surface area contributed by atoms with Crippen LogP contribution in [0.25, 0.3) is 0 Å². The van der Waals surface area contributed by atoms with Gasteiger partial charge in [0.15, 0.2) is 0 Å². The van der Waals surface area contributed by atoms with Crippen LogP contribution in [0.15, 0.2) is 0 Å². The molecule has 1 amide bonds. The molecule has 1 fully saturated rings. The highest BCUT2D eigenvalue weighted by Crippen LogP contribution is 2.50. The van der Waals surface area contributed by atoms with Gasteiger partial charge in [0.25, 0.3) is 0 Å². The van der Waals surface area contributed by atoms with Gasteiger partial charge in [0, 0.05) is 6.54 Å². The Hall–Kier alpha value is -0.180. The molecule has 0 spiro atoms. The smallest absolute Gasteiger partial charge is 0.233 e. The average molecular weight is 215 g/mol. The van der Waals surface area contributed by atoms with E-state index in [-0.39, 0.29) is 11.2 Å². The van der Waals surface area contributed by atoms with Gasteiger partial charge in [-0.15, -0.1) is 0 Å². The molecule has 0 heterocycles. The third kappa shape index (κ3) is 2.91. The molecule has 3 heteroatoms. The summed E-state index contributed by atoms with van der Waals surface area (Å²) in [4.78, 5) is 11.5. The molecular formula is C11H21NOS. The normalized spacial score (nSPS) is 26.0. The maximum Gasteiger partial charge on any atom is 0.233 e. The zero-order chi connectivity index (χ0) is 10.9. The fraction of sp³-hybridized carbons (Fsp3) is 0.909. The summed E-state index contributed by atoms with van der Waals surface area (Å²) in [5, 5.41) is 2.80. The third-order valence-corrected chi connectivity index (χ3v) is 3.97. The summed E-state index contributed by atoms with van der Waals surface area (Å²) >= 11 is 4.27. The quantitative estimate of drug-likeness (QED) is 0.691. The molecule has 0 aliphatic heterocycles. The zero-order valence-electron chi connectivity index (χ0n) is 9.50. The van der Waals surface area contributed by atoms with Crippen LogP contribution in [0.5, 0.6) is 0 Å². The Morgan fingerprint density at radius 3 is 2.43 bits per heavy atom. The highest BCUT2D eigenvalue weighted by molar-refractivity contribution is 7.81. The van der Waals surface area contributed by atoms with E-state index in [4.69, 9.17) is 0 Å². The molecule has 2 nitrogen and oxygen atoms in total. The molecule has 82 valence electrons. The SMILES string of the molecule is CC(C)C(S)C(=O)NCC1CC1(C)C. The molecule has 1 aliphatic carbocycles. The summed E-state index contributed by atoms with van der Waals surface area (Å²) in [5.41, 5.74) is 0.442. The van der Waals surface area contributed by atoms with Crippen molar-refractivity contribution in [2.45, 2.75) is 39.4 Å². The number of hydrogen-bond donors (Lipinski definition) is 2. The van der Waals surface area contributed by atoms with Gasteiger partial charge in [-0.1, -0.05) is 27.7 Å². The van der Waals surface area contributed by atoms with Crippen molar-refractivity contribution in [1.82, 2.24) is 5.32 Å². The van der Waals surface area contributed by atoms with Crippen LogP contribution in [0.3, 0.4) is 0 Å². The van der Waals surface area contributed by atoms with Gasteiger partial charge in [-0.3, -0.25) is 4.79 Å². The molecule has 1 saturated carbocycles. The number of carbonyl (C=O) groups is 1. The van der Waals surface area contributed by atoms with Crippen LogP contribution < -0.4 is 5.32 Å². The molecule has 2 atom stereocenters. The van der Waals surface area contributed by atoms with E-state index >= 15 is 0 Å². The summed E-state index contributed by atoms with van der Waals surface area (Å²) < 4.78 is 0. The highest BCUT2D eigenvalue weighted by Gasteiger charge is 2.45. The first-order valence-electron chi connectivity index (χ1n) is 5.30. The maximum atomic E-state index is 11.5. The topological polar surface area (TPSA) is 29.1 Å². The predicted molar refractivity (Wildman–Crippen MR) is 62.5 cm³/mol. The van der Waals surface area contributed by atoms with Crippen molar-refractivity contribution < 1.29 is 4.79 Å². The molecule has 14 heavy (non-hydrogen) atoms. The molecule has 1 aliphatic rings. The fourth-order valence-corrected chi connectivity index (χ4v) is 1.65. The number of nitrogens with one attached hydrogen (secondary N) is 1. The summed E-state index contributed by atoms with van der Waals surface area (Å²) in [5.74, 6) is 1.04. The van der Waals surface area contributed by atoms with E-state index in [0.717, 1.165) is 6.54 Å². The van der Waals surface area contributed by atoms with Crippen molar-refractivity contribution in [3.8, 4) is 0 Å². The highest BCUT2D eigenvalue weighted by atomic mass is 32.1. The van der Waals surface area contributed by atoms with Gasteiger partial charge in [0.1, 0.15) is 0 Å². The number of thiol groups is 1. The number of carbonyl (C=O) groups excluding carboxylic acids is 1. The molecule has 0 saturated heterocycles. The lowest BCUT2D eigenvalue weighted by Crippen LogP contribution is -2.36. The molecule has 0 aromatic carbocycles. The summed E-state index contributed by atoms with van der Waals surface area (Å²) in [6.45, 7) is 9.32. The first kappa shape index (κ1) is 11.9. The van der Waals surface area contributed by atoms with E-state index in [1.54, 1.807) is 0 Å². The van der Waals surface area contributed by atoms with Crippen LogP contribution in [0.1, 0.15) is 34.1 Å². The second-order valence-corrected chi connectivity index (χ2v) is 5.88. The Morgan fingerprint density at radius 1 is 1.57 bits per heavy atom. The van der Waals surface area contributed by atoms with Crippen LogP contribution in [0.4, 0.5) is 0 Å². The third-order valence-electron chi connectivity index (χ3n) is 3.14. The van der Waals surface area contributed by atoms with E-state index in [9.17, 15) is 4.79 Å². The first-order valence-corrected chi connectivity index (χ1v) is 5.82. The van der Waals surface area contributed by atoms with Crippen molar-refractivity contribution in [2.24, 2.45) is 17.3 Å². The number of rotatable bonds is 4. The van der Waals surface area contributed by atoms with Gasteiger partial charge in [-0.05, 0) is 23.7 Å². The van der Waals surface area contributed by atoms with E-state index < -0.39 is 0 Å². The van der Waals surface area contributed by atoms with Gasteiger partial charge in [-0.2, -0.15) is 12.6 Å². The molecule has 0 aromatic heterocycles. The Labute approximate surface area is 92.2 Å². The van der Waals surface area contributed by atoms with Crippen molar-refractivity contribution >= 4 is 18.5 Å². The van der Waals surface area contributed by atoms with Crippen LogP contribution >= 0.6 is 12.6 Å². The van der Waals surface area contributed by atoms with Crippen molar-refractivity contribution in [1.29, 1.82) is 0 Å². The summed E-state index contributed by atoms with van der Waals surface area (Å²) in [6.07, 6.45) is 1.23. The van der Waals surface area contributed by atoms with E-state index in [1.165, 1.54) is 6.42 Å². The van der Waals surface area contributed by atoms with Gasteiger partial charge in [-0.25, -0.2) is 0 Å². The van der Waals surface area contributed by atoms with E-state index in [0.29, 0.717) is 17.3 Å². The molecule has 0 radical (unpaired) electrons. The average Bonchev–Trinajstić information content (AvgIpc) is 2.68. The Morgan fingerprint density at radius 2 is 2.07 bits per heavy atom. The van der Waals surface area contributed by atoms with Crippen LogP contribution in [-0.2, 0) is 4.79 Å². The molecule has 1 N–H and O–H groups in total. The standard InChI is InChI=1S/C11H21NOS/c1-7(2)9(14)10(13)12-6-8-5-11(8,3)4/h7-9,14H,5-6H2,1-4H3,(H,12,13). The van der Waals surface area contributed by atoms with Crippen molar-refractivity contribution in [3.63, 3.8) is 0 Å². The van der Waals surface area contributed by atoms with Gasteiger partial charge in [0.05, 0.1) is 5.25 Å². The van der Waals surface area contributed by atoms with Gasteiger partial charge < -0.3 is 5.32 Å². The minimum atomic E-state index is -0.170. The Bertz CT molecular complexity index is 225. The van der Waals surface area contributed by atoms with E-state index in [2.05, 4.69) is 31.8 Å². The monoisotopic (exact) mass is 215 g/mol. The van der Waals surface area contributed by atoms with Crippen molar-refractivity contribution in [3.05, 3.63) is 0 Å². The molecule has 0 bridgehead atoms. The minimum absolute atomic E-state index is 0.0750. The fourth-order valence-electron chi connectivity index (χ4n) is 1.56. The van der Waals surface area contributed by atoms with Crippen LogP contribution in [0.2, 0.25) is 0 Å². The summed E-state index contributed by atoms with van der Waals surface area (Å²) in [7, 11) is 0. The largest absolute Gasteiger partial charge is 0.355 e. The molecule has 2 unspecified atom stereocenters. The zero-order valence-corrected chi connectivity index (χ0v) is 10.4. The van der Waals surface area contributed by atoms with Gasteiger partial charge in [0.2, 0.25) is 5.91 Å². The first-order chi connectivity index (χ1) is 6.34. The molecular weight excluding hydrogens is 194 g/mol. The number of amides is 1. The lowest BCUT2D eigenvalue weighted by molar-refractivity contribution is -0.121. The lowest BCUT2D eigenvalue weighted by atomic mass is 10.1. The summed E-state index contributed by atoms with van der Waals surface area (Å²) in [6, 6.07) is 0. The van der Waals surface area contributed by atoms with Crippen LogP contribution in [-0.4, -0.2) is 17.7 Å². The second kappa shape index (κ2) is 4.13. The maximum absolute atomic E-state index is 11.5.